The first kappa shape index (κ1) is 18.5. The number of aliphatic carboxylic acids is 2. The molecule has 0 fully saturated rings. The fourth-order valence-corrected chi connectivity index (χ4v) is 3.68. The van der Waals surface area contributed by atoms with E-state index in [4.69, 9.17) is 5.11 Å². The van der Waals surface area contributed by atoms with E-state index in [1.165, 1.54) is 0 Å². The van der Waals surface area contributed by atoms with Gasteiger partial charge in [-0.2, -0.15) is 0 Å². The molecular weight excluding hydrogens is 304 g/mol. The van der Waals surface area contributed by atoms with E-state index >= 15 is 0 Å². The number of rotatable bonds is 11. The zero-order chi connectivity index (χ0) is 17.4. The monoisotopic (exact) mass is 332 g/mol. The predicted molar refractivity (Wildman–Crippen MR) is 93.1 cm³/mol. The minimum absolute atomic E-state index is 0.265. The first-order valence-electron chi connectivity index (χ1n) is 9.05. The molecule has 2 aliphatic rings. The van der Waals surface area contributed by atoms with Crippen molar-refractivity contribution in [3.05, 3.63) is 35.4 Å². The number of hydrogen-bond donors (Lipinski definition) is 2. The maximum Gasteiger partial charge on any atom is 0.310 e. The zero-order valence-electron chi connectivity index (χ0n) is 14.3. The molecule has 1 aromatic rings. The van der Waals surface area contributed by atoms with Crippen LogP contribution in [0.4, 0.5) is 0 Å². The number of carboxylic acid groups (broad SMARTS) is 2. The molecule has 0 aliphatic heterocycles. The lowest BCUT2D eigenvalue weighted by atomic mass is 9.75. The van der Waals surface area contributed by atoms with Gasteiger partial charge in [0, 0.05) is 6.42 Å². The Morgan fingerprint density at radius 1 is 0.792 bits per heavy atom. The van der Waals surface area contributed by atoms with Crippen LogP contribution >= 0.6 is 0 Å². The molecule has 0 heterocycles. The molecule has 0 spiro atoms. The summed E-state index contributed by atoms with van der Waals surface area (Å²) >= 11 is 0. The molecular formula is C20H28O4. The summed E-state index contributed by atoms with van der Waals surface area (Å²) in [5.41, 5.74) is 1.60. The van der Waals surface area contributed by atoms with E-state index in [0.717, 1.165) is 62.5 Å². The summed E-state index contributed by atoms with van der Waals surface area (Å²) in [6, 6.07) is 8.21. The lowest BCUT2D eigenvalue weighted by Crippen LogP contribution is -2.34. The summed E-state index contributed by atoms with van der Waals surface area (Å²) in [4.78, 5) is 22.3. The summed E-state index contributed by atoms with van der Waals surface area (Å²) in [6.45, 7) is 0. The molecule has 0 saturated carbocycles. The van der Waals surface area contributed by atoms with Crippen LogP contribution in [0.3, 0.4) is 0 Å². The average molecular weight is 332 g/mol. The Morgan fingerprint density at radius 3 is 1.71 bits per heavy atom. The third-order valence-corrected chi connectivity index (χ3v) is 5.11. The molecule has 1 aromatic carbocycles. The lowest BCUT2D eigenvalue weighted by molar-refractivity contribution is -0.149. The molecule has 4 heteroatoms. The minimum atomic E-state index is -0.717. The normalized spacial score (nSPS) is 15.2. The van der Waals surface area contributed by atoms with Crippen LogP contribution in [0.2, 0.25) is 0 Å². The molecule has 3 rings (SSSR count). The van der Waals surface area contributed by atoms with Crippen molar-refractivity contribution in [2.45, 2.75) is 70.6 Å². The number of carbonyl (C=O) groups is 2. The highest BCUT2D eigenvalue weighted by Crippen LogP contribution is 2.37. The molecule has 0 atom stereocenters. The van der Waals surface area contributed by atoms with Crippen molar-refractivity contribution >= 4 is 11.9 Å². The van der Waals surface area contributed by atoms with E-state index in [1.54, 1.807) is 0 Å². The highest BCUT2D eigenvalue weighted by molar-refractivity contribution is 5.76. The predicted octanol–water partition coefficient (Wildman–Crippen LogP) is 4.45. The molecule has 132 valence electrons. The van der Waals surface area contributed by atoms with E-state index in [1.807, 2.05) is 0 Å². The topological polar surface area (TPSA) is 74.6 Å². The second-order valence-electron chi connectivity index (χ2n) is 7.12. The Hall–Kier alpha value is -1.84. The fourth-order valence-electron chi connectivity index (χ4n) is 3.68. The van der Waals surface area contributed by atoms with Crippen LogP contribution in [0.15, 0.2) is 24.3 Å². The van der Waals surface area contributed by atoms with Gasteiger partial charge in [0.15, 0.2) is 0 Å². The van der Waals surface area contributed by atoms with Gasteiger partial charge < -0.3 is 10.2 Å². The van der Waals surface area contributed by atoms with Crippen molar-refractivity contribution in [1.29, 1.82) is 0 Å². The Morgan fingerprint density at radius 2 is 1.25 bits per heavy atom. The molecule has 2 aliphatic carbocycles. The largest absolute Gasteiger partial charge is 0.481 e. The summed E-state index contributed by atoms with van der Waals surface area (Å²) in [6.07, 6.45) is 9.28. The molecule has 0 amide bonds. The van der Waals surface area contributed by atoms with Gasteiger partial charge in [-0.25, -0.2) is 0 Å². The SMILES string of the molecule is O=C(O)CCCCCCCCCC1(C(=O)O)Cc2ccc(cc2)C1. The van der Waals surface area contributed by atoms with E-state index in [-0.39, 0.29) is 6.42 Å². The smallest absolute Gasteiger partial charge is 0.310 e. The second kappa shape index (κ2) is 8.86. The maximum atomic E-state index is 11.9. The second-order valence-corrected chi connectivity index (χ2v) is 7.12. The van der Waals surface area contributed by atoms with E-state index in [2.05, 4.69) is 24.3 Å². The third kappa shape index (κ3) is 5.36. The van der Waals surface area contributed by atoms with Gasteiger partial charge in [0.05, 0.1) is 5.41 Å². The van der Waals surface area contributed by atoms with Crippen molar-refractivity contribution in [3.63, 3.8) is 0 Å². The fraction of sp³-hybridized carbons (Fsp3) is 0.600. The highest BCUT2D eigenvalue weighted by Gasteiger charge is 2.39. The maximum absolute atomic E-state index is 11.9. The highest BCUT2D eigenvalue weighted by atomic mass is 16.4. The quantitative estimate of drug-likeness (QED) is 0.587. The minimum Gasteiger partial charge on any atom is -0.481 e. The van der Waals surface area contributed by atoms with Crippen molar-refractivity contribution in [2.75, 3.05) is 0 Å². The van der Waals surface area contributed by atoms with Gasteiger partial charge in [-0.05, 0) is 36.8 Å². The van der Waals surface area contributed by atoms with Crippen molar-refractivity contribution in [1.82, 2.24) is 0 Å². The number of benzene rings is 1. The molecule has 0 saturated heterocycles. The number of unbranched alkanes of at least 4 members (excludes halogenated alkanes) is 6. The molecule has 0 aromatic heterocycles. The van der Waals surface area contributed by atoms with Crippen LogP contribution < -0.4 is 0 Å². The Labute approximate surface area is 143 Å². The van der Waals surface area contributed by atoms with Crippen molar-refractivity contribution in [2.24, 2.45) is 5.41 Å². The van der Waals surface area contributed by atoms with Gasteiger partial charge in [0.1, 0.15) is 0 Å². The van der Waals surface area contributed by atoms with Crippen LogP contribution in [0.5, 0.6) is 0 Å². The lowest BCUT2D eigenvalue weighted by Gasteiger charge is -2.28. The van der Waals surface area contributed by atoms with E-state index in [9.17, 15) is 14.7 Å². The Bertz CT molecular complexity index is 522. The molecule has 0 radical (unpaired) electrons. The number of fused-ring (bicyclic) bond motifs is 4. The van der Waals surface area contributed by atoms with Gasteiger partial charge >= 0.3 is 11.9 Å². The Balaban J connectivity index is 1.67. The molecule has 4 nitrogen and oxygen atoms in total. The molecule has 2 N–H and O–H groups in total. The van der Waals surface area contributed by atoms with Gasteiger partial charge in [0.25, 0.3) is 0 Å². The van der Waals surface area contributed by atoms with Crippen LogP contribution in [0.1, 0.15) is 68.9 Å². The van der Waals surface area contributed by atoms with Gasteiger partial charge in [-0.1, -0.05) is 62.8 Å². The third-order valence-electron chi connectivity index (χ3n) is 5.11. The van der Waals surface area contributed by atoms with Crippen LogP contribution in [-0.2, 0) is 22.4 Å². The van der Waals surface area contributed by atoms with Crippen LogP contribution in [0.25, 0.3) is 0 Å². The Kier molecular flexibility index (Phi) is 6.83. The first-order chi connectivity index (χ1) is 11.5. The average Bonchev–Trinajstić information content (AvgIpc) is 2.83. The summed E-state index contributed by atoms with van der Waals surface area (Å²) in [7, 11) is 0. The standard InChI is InChI=1S/C20H28O4/c21-18(22)8-6-4-2-1-3-5-7-13-20(19(23)24)14-16-9-10-17(15-20)12-11-16/h9-12H,1-8,13-15H2,(H,21,22)(H,23,24). The van der Waals surface area contributed by atoms with E-state index < -0.39 is 17.4 Å². The number of hydrogen-bond acceptors (Lipinski definition) is 2. The van der Waals surface area contributed by atoms with Crippen LogP contribution in [-0.4, -0.2) is 22.2 Å². The van der Waals surface area contributed by atoms with Gasteiger partial charge in [-0.15, -0.1) is 0 Å². The van der Waals surface area contributed by atoms with Crippen LogP contribution in [0, 0.1) is 5.41 Å². The van der Waals surface area contributed by atoms with Crippen molar-refractivity contribution < 1.29 is 19.8 Å². The molecule has 0 unspecified atom stereocenters. The van der Waals surface area contributed by atoms with E-state index in [0.29, 0.717) is 12.8 Å². The van der Waals surface area contributed by atoms with Gasteiger partial charge in [-0.3, -0.25) is 9.59 Å². The molecule has 2 bridgehead atoms. The number of carboxylic acids is 2. The van der Waals surface area contributed by atoms with Gasteiger partial charge in [0.2, 0.25) is 0 Å². The summed E-state index contributed by atoms with van der Waals surface area (Å²) in [5, 5.41) is 18.4. The summed E-state index contributed by atoms with van der Waals surface area (Å²) < 4.78 is 0. The molecule has 24 heavy (non-hydrogen) atoms. The summed E-state index contributed by atoms with van der Waals surface area (Å²) in [5.74, 6) is -1.38. The first-order valence-corrected chi connectivity index (χ1v) is 9.05. The van der Waals surface area contributed by atoms with Crippen molar-refractivity contribution in [3.8, 4) is 0 Å². The zero-order valence-corrected chi connectivity index (χ0v) is 14.3.